The molecular weight excluding hydrogens is 231 g/mol. The molecule has 2 heterocycles. The topological polar surface area (TPSA) is 37.8 Å². The van der Waals surface area contributed by atoms with E-state index in [2.05, 4.69) is 15.3 Å². The first-order valence-corrected chi connectivity index (χ1v) is 5.38. The summed E-state index contributed by atoms with van der Waals surface area (Å²) in [5, 5.41) is 2.88. The van der Waals surface area contributed by atoms with Gasteiger partial charge in [0.25, 0.3) is 0 Å². The van der Waals surface area contributed by atoms with E-state index >= 15 is 0 Å². The zero-order valence-corrected chi connectivity index (χ0v) is 9.94. The Morgan fingerprint density at radius 3 is 2.24 bits per heavy atom. The minimum absolute atomic E-state index is 0.186. The maximum absolute atomic E-state index is 12.9. The number of rotatable bonds is 0. The maximum Gasteiger partial charge on any atom is 0.433 e. The standard InChI is InChI=1S/C11H14F3N3/c1-10(2,3)9-16-7-5-15-4-6(7)8(17-9)11(12,13)14/h15H,4-5H2,1-3H3. The second-order valence-corrected chi connectivity index (χ2v) is 5.17. The summed E-state index contributed by atoms with van der Waals surface area (Å²) in [5.41, 5.74) is -0.627. The molecule has 1 aliphatic heterocycles. The van der Waals surface area contributed by atoms with Crippen LogP contribution in [-0.4, -0.2) is 9.97 Å². The van der Waals surface area contributed by atoms with Gasteiger partial charge < -0.3 is 5.32 Å². The zero-order valence-electron chi connectivity index (χ0n) is 9.94. The Balaban J connectivity index is 2.62. The molecule has 0 radical (unpaired) electrons. The Bertz CT molecular complexity index is 447. The van der Waals surface area contributed by atoms with Crippen LogP contribution in [0.2, 0.25) is 0 Å². The molecule has 1 aromatic heterocycles. The van der Waals surface area contributed by atoms with Crippen LogP contribution in [-0.2, 0) is 24.7 Å². The van der Waals surface area contributed by atoms with Gasteiger partial charge in [-0.3, -0.25) is 0 Å². The highest BCUT2D eigenvalue weighted by Crippen LogP contribution is 2.34. The molecule has 6 heteroatoms. The van der Waals surface area contributed by atoms with Crippen LogP contribution < -0.4 is 5.32 Å². The summed E-state index contributed by atoms with van der Waals surface area (Å²) in [4.78, 5) is 7.94. The van der Waals surface area contributed by atoms with E-state index in [0.29, 0.717) is 12.2 Å². The normalized spacial score (nSPS) is 16.1. The van der Waals surface area contributed by atoms with E-state index in [9.17, 15) is 13.2 Å². The van der Waals surface area contributed by atoms with E-state index < -0.39 is 17.3 Å². The average molecular weight is 245 g/mol. The summed E-state index contributed by atoms with van der Waals surface area (Å²) < 4.78 is 38.7. The lowest BCUT2D eigenvalue weighted by Gasteiger charge is -2.20. The number of hydrogen-bond acceptors (Lipinski definition) is 3. The lowest BCUT2D eigenvalue weighted by atomic mass is 9.95. The molecular formula is C11H14F3N3. The summed E-state index contributed by atoms with van der Waals surface area (Å²) in [6, 6.07) is 0. The molecule has 0 aliphatic carbocycles. The predicted molar refractivity (Wildman–Crippen MR) is 56.3 cm³/mol. The van der Waals surface area contributed by atoms with Crippen LogP contribution in [0.3, 0.4) is 0 Å². The van der Waals surface area contributed by atoms with Gasteiger partial charge in [-0.1, -0.05) is 20.8 Å². The van der Waals surface area contributed by atoms with Crippen LogP contribution in [0.25, 0.3) is 0 Å². The van der Waals surface area contributed by atoms with Crippen molar-refractivity contribution in [2.24, 2.45) is 0 Å². The summed E-state index contributed by atoms with van der Waals surface area (Å²) in [6.07, 6.45) is -4.42. The molecule has 94 valence electrons. The number of nitrogens with zero attached hydrogens (tertiary/aromatic N) is 2. The van der Waals surface area contributed by atoms with Gasteiger partial charge in [0.15, 0.2) is 5.69 Å². The average Bonchev–Trinajstić information content (AvgIpc) is 2.59. The van der Waals surface area contributed by atoms with Gasteiger partial charge in [-0.2, -0.15) is 13.2 Å². The van der Waals surface area contributed by atoms with Crippen molar-refractivity contribution in [1.29, 1.82) is 0 Å². The third-order valence-electron chi connectivity index (χ3n) is 2.63. The van der Waals surface area contributed by atoms with Gasteiger partial charge in [-0.15, -0.1) is 0 Å². The predicted octanol–water partition coefficient (Wildman–Crippen LogP) is 2.40. The molecule has 0 unspecified atom stereocenters. The fourth-order valence-corrected chi connectivity index (χ4v) is 1.74. The maximum atomic E-state index is 12.9. The highest BCUT2D eigenvalue weighted by molar-refractivity contribution is 5.32. The second-order valence-electron chi connectivity index (χ2n) is 5.17. The summed E-state index contributed by atoms with van der Waals surface area (Å²) in [5.74, 6) is 0.243. The van der Waals surface area contributed by atoms with Crippen molar-refractivity contribution in [1.82, 2.24) is 15.3 Å². The Morgan fingerprint density at radius 1 is 1.06 bits per heavy atom. The van der Waals surface area contributed by atoms with Crippen LogP contribution in [0.5, 0.6) is 0 Å². The third-order valence-corrected chi connectivity index (χ3v) is 2.63. The number of aromatic nitrogens is 2. The van der Waals surface area contributed by atoms with E-state index in [-0.39, 0.29) is 17.9 Å². The van der Waals surface area contributed by atoms with E-state index in [1.807, 2.05) is 0 Å². The van der Waals surface area contributed by atoms with Gasteiger partial charge in [-0.05, 0) is 0 Å². The molecule has 17 heavy (non-hydrogen) atoms. The Kier molecular flexibility index (Phi) is 2.65. The van der Waals surface area contributed by atoms with Crippen molar-refractivity contribution in [2.75, 3.05) is 0 Å². The van der Waals surface area contributed by atoms with Crippen LogP contribution >= 0.6 is 0 Å². The molecule has 0 fully saturated rings. The number of fused-ring (bicyclic) bond motifs is 1. The van der Waals surface area contributed by atoms with Crippen molar-refractivity contribution in [3.8, 4) is 0 Å². The molecule has 0 bridgehead atoms. The highest BCUT2D eigenvalue weighted by Gasteiger charge is 2.39. The SMILES string of the molecule is CC(C)(C)c1nc2c(c(C(F)(F)F)n1)CNC2. The molecule has 3 nitrogen and oxygen atoms in total. The largest absolute Gasteiger partial charge is 0.433 e. The van der Waals surface area contributed by atoms with Crippen LogP contribution in [0, 0.1) is 0 Å². The van der Waals surface area contributed by atoms with Gasteiger partial charge in [0, 0.05) is 24.1 Å². The smallest absolute Gasteiger partial charge is 0.307 e. The molecule has 0 saturated carbocycles. The van der Waals surface area contributed by atoms with Crippen LogP contribution in [0.15, 0.2) is 0 Å². The highest BCUT2D eigenvalue weighted by atomic mass is 19.4. The van der Waals surface area contributed by atoms with E-state index in [1.165, 1.54) is 0 Å². The Hall–Kier alpha value is -1.17. The van der Waals surface area contributed by atoms with Crippen LogP contribution in [0.4, 0.5) is 13.2 Å². The lowest BCUT2D eigenvalue weighted by Crippen LogP contribution is -2.22. The first-order valence-electron chi connectivity index (χ1n) is 5.38. The second kappa shape index (κ2) is 3.66. The minimum atomic E-state index is -4.42. The molecule has 1 aliphatic rings. The first kappa shape index (κ1) is 12.3. The monoisotopic (exact) mass is 245 g/mol. The van der Waals surface area contributed by atoms with Crippen molar-refractivity contribution >= 4 is 0 Å². The van der Waals surface area contributed by atoms with Crippen molar-refractivity contribution in [3.05, 3.63) is 22.8 Å². The third kappa shape index (κ3) is 2.26. The van der Waals surface area contributed by atoms with Gasteiger partial charge in [-0.25, -0.2) is 9.97 Å². The van der Waals surface area contributed by atoms with Gasteiger partial charge >= 0.3 is 6.18 Å². The number of nitrogens with one attached hydrogen (secondary N) is 1. The Morgan fingerprint density at radius 2 is 1.71 bits per heavy atom. The molecule has 2 rings (SSSR count). The lowest BCUT2D eigenvalue weighted by molar-refractivity contribution is -0.142. The fraction of sp³-hybridized carbons (Fsp3) is 0.636. The molecule has 1 N–H and O–H groups in total. The molecule has 1 aromatic rings. The van der Waals surface area contributed by atoms with Crippen LogP contribution in [0.1, 0.15) is 43.5 Å². The molecule has 0 amide bonds. The first-order chi connectivity index (χ1) is 7.69. The van der Waals surface area contributed by atoms with Crippen molar-refractivity contribution in [2.45, 2.75) is 45.5 Å². The summed E-state index contributed by atoms with van der Waals surface area (Å²) >= 11 is 0. The number of hydrogen-bond donors (Lipinski definition) is 1. The Labute approximate surface area is 97.5 Å². The minimum Gasteiger partial charge on any atom is -0.307 e. The van der Waals surface area contributed by atoms with Gasteiger partial charge in [0.05, 0.1) is 5.69 Å². The van der Waals surface area contributed by atoms with E-state index in [0.717, 1.165) is 0 Å². The van der Waals surface area contributed by atoms with E-state index in [1.54, 1.807) is 20.8 Å². The van der Waals surface area contributed by atoms with Crippen molar-refractivity contribution < 1.29 is 13.2 Å². The number of alkyl halides is 3. The molecule has 0 aromatic carbocycles. The summed E-state index contributed by atoms with van der Waals surface area (Å²) in [6.45, 7) is 5.98. The van der Waals surface area contributed by atoms with Gasteiger partial charge in [0.1, 0.15) is 5.82 Å². The summed E-state index contributed by atoms with van der Waals surface area (Å²) in [7, 11) is 0. The number of halogens is 3. The van der Waals surface area contributed by atoms with E-state index in [4.69, 9.17) is 0 Å². The fourth-order valence-electron chi connectivity index (χ4n) is 1.74. The van der Waals surface area contributed by atoms with Crippen molar-refractivity contribution in [3.63, 3.8) is 0 Å². The van der Waals surface area contributed by atoms with Gasteiger partial charge in [0.2, 0.25) is 0 Å². The molecule has 0 atom stereocenters. The quantitative estimate of drug-likeness (QED) is 0.762. The zero-order chi connectivity index (χ0) is 12.8. The molecule has 0 spiro atoms. The molecule has 0 saturated heterocycles.